The van der Waals surface area contributed by atoms with Crippen molar-refractivity contribution in [2.75, 3.05) is 24.7 Å². The van der Waals surface area contributed by atoms with E-state index in [2.05, 4.69) is 5.32 Å². The number of nitrogens with two attached hydrogens (primary N) is 1. The van der Waals surface area contributed by atoms with E-state index in [0.29, 0.717) is 0 Å². The first-order valence-corrected chi connectivity index (χ1v) is 5.47. The Labute approximate surface area is 90.6 Å². The fourth-order valence-corrected chi connectivity index (χ4v) is 1.77. The minimum Gasteiger partial charge on any atom is -0.497 e. The molecule has 1 aromatic rings. The summed E-state index contributed by atoms with van der Waals surface area (Å²) in [6.45, 7) is 1.03. The quantitative estimate of drug-likeness (QED) is 0.744. The Morgan fingerprint density at radius 2 is 2.27 bits per heavy atom. The molecule has 1 aromatic carbocycles. The molecule has 0 saturated heterocycles. The molecule has 0 radical (unpaired) electrons. The van der Waals surface area contributed by atoms with Crippen molar-refractivity contribution in [2.24, 2.45) is 5.92 Å². The van der Waals surface area contributed by atoms with Crippen LogP contribution in [0, 0.1) is 5.92 Å². The van der Waals surface area contributed by atoms with Crippen molar-refractivity contribution in [3.05, 3.63) is 18.2 Å². The summed E-state index contributed by atoms with van der Waals surface area (Å²) >= 11 is 0. The predicted molar refractivity (Wildman–Crippen MR) is 63.2 cm³/mol. The third-order valence-electron chi connectivity index (χ3n) is 3.07. The van der Waals surface area contributed by atoms with Gasteiger partial charge in [0.1, 0.15) is 5.75 Å². The number of ether oxygens (including phenoxy) is 1. The number of nitrogen functional groups attached to an aromatic ring is 1. The minimum atomic E-state index is 0.787. The van der Waals surface area contributed by atoms with Crippen molar-refractivity contribution < 1.29 is 4.74 Å². The SMILES string of the molecule is COc1ccc(N)c(NCC2CCC2)c1. The number of anilines is 2. The van der Waals surface area contributed by atoms with Crippen LogP contribution in [0.2, 0.25) is 0 Å². The lowest BCUT2D eigenvalue weighted by Gasteiger charge is -2.26. The fraction of sp³-hybridized carbons (Fsp3) is 0.500. The summed E-state index contributed by atoms with van der Waals surface area (Å²) in [4.78, 5) is 0. The second kappa shape index (κ2) is 4.43. The second-order valence-electron chi connectivity index (χ2n) is 4.13. The molecule has 0 aliphatic heterocycles. The lowest BCUT2D eigenvalue weighted by atomic mass is 9.85. The van der Waals surface area contributed by atoms with Crippen LogP contribution in [0.15, 0.2) is 18.2 Å². The standard InChI is InChI=1S/C12H18N2O/c1-15-10-5-6-11(13)12(7-10)14-8-9-3-2-4-9/h5-7,9,14H,2-4,8,13H2,1H3. The van der Waals surface area contributed by atoms with Gasteiger partial charge in [0.15, 0.2) is 0 Å². The van der Waals surface area contributed by atoms with Crippen LogP contribution in [-0.2, 0) is 0 Å². The lowest BCUT2D eigenvalue weighted by Crippen LogP contribution is -2.21. The average molecular weight is 206 g/mol. The van der Waals surface area contributed by atoms with Crippen molar-refractivity contribution in [1.29, 1.82) is 0 Å². The van der Waals surface area contributed by atoms with E-state index in [1.807, 2.05) is 18.2 Å². The van der Waals surface area contributed by atoms with Gasteiger partial charge in [-0.1, -0.05) is 6.42 Å². The largest absolute Gasteiger partial charge is 0.497 e. The maximum Gasteiger partial charge on any atom is 0.121 e. The monoisotopic (exact) mass is 206 g/mol. The van der Waals surface area contributed by atoms with E-state index in [-0.39, 0.29) is 0 Å². The van der Waals surface area contributed by atoms with E-state index in [9.17, 15) is 0 Å². The molecule has 3 N–H and O–H groups in total. The molecule has 3 nitrogen and oxygen atoms in total. The van der Waals surface area contributed by atoms with E-state index in [1.54, 1.807) is 7.11 Å². The molecule has 1 aliphatic rings. The van der Waals surface area contributed by atoms with Gasteiger partial charge in [0.2, 0.25) is 0 Å². The van der Waals surface area contributed by atoms with Gasteiger partial charge in [-0.05, 0) is 30.9 Å². The summed E-state index contributed by atoms with van der Waals surface area (Å²) < 4.78 is 5.16. The van der Waals surface area contributed by atoms with Gasteiger partial charge in [-0.3, -0.25) is 0 Å². The molecule has 1 saturated carbocycles. The maximum atomic E-state index is 5.87. The molecule has 3 heteroatoms. The van der Waals surface area contributed by atoms with Crippen molar-refractivity contribution in [3.63, 3.8) is 0 Å². The molecule has 0 bridgehead atoms. The molecule has 0 amide bonds. The molecule has 15 heavy (non-hydrogen) atoms. The summed E-state index contributed by atoms with van der Waals surface area (Å²) in [5.41, 5.74) is 7.65. The van der Waals surface area contributed by atoms with Crippen LogP contribution in [0.5, 0.6) is 5.75 Å². The van der Waals surface area contributed by atoms with Crippen molar-refractivity contribution in [1.82, 2.24) is 0 Å². The topological polar surface area (TPSA) is 47.3 Å². The van der Waals surface area contributed by atoms with Gasteiger partial charge in [0.25, 0.3) is 0 Å². The number of benzene rings is 1. The van der Waals surface area contributed by atoms with Gasteiger partial charge in [-0.15, -0.1) is 0 Å². The highest BCUT2D eigenvalue weighted by Crippen LogP contribution is 2.29. The lowest BCUT2D eigenvalue weighted by molar-refractivity contribution is 0.333. The normalized spacial score (nSPS) is 15.8. The molecule has 82 valence electrons. The van der Waals surface area contributed by atoms with Gasteiger partial charge in [0, 0.05) is 12.6 Å². The smallest absolute Gasteiger partial charge is 0.121 e. The van der Waals surface area contributed by atoms with Crippen molar-refractivity contribution in [2.45, 2.75) is 19.3 Å². The molecule has 1 fully saturated rings. The summed E-state index contributed by atoms with van der Waals surface area (Å²) in [6.07, 6.45) is 4.06. The molecule has 0 heterocycles. The van der Waals surface area contributed by atoms with Gasteiger partial charge in [0.05, 0.1) is 18.5 Å². The van der Waals surface area contributed by atoms with Crippen molar-refractivity contribution in [3.8, 4) is 5.75 Å². The highest BCUT2D eigenvalue weighted by Gasteiger charge is 2.17. The highest BCUT2D eigenvalue weighted by atomic mass is 16.5. The highest BCUT2D eigenvalue weighted by molar-refractivity contribution is 5.68. The summed E-state index contributed by atoms with van der Waals surface area (Å²) in [5.74, 6) is 1.68. The number of hydrogen-bond acceptors (Lipinski definition) is 3. The van der Waals surface area contributed by atoms with Crippen LogP contribution in [0.3, 0.4) is 0 Å². The Bertz CT molecular complexity index is 334. The van der Waals surface area contributed by atoms with Gasteiger partial charge in [-0.25, -0.2) is 0 Å². The zero-order valence-corrected chi connectivity index (χ0v) is 9.12. The Hall–Kier alpha value is -1.38. The third-order valence-corrected chi connectivity index (χ3v) is 3.07. The predicted octanol–water partition coefficient (Wildman–Crippen LogP) is 2.49. The van der Waals surface area contributed by atoms with Gasteiger partial charge in [-0.2, -0.15) is 0 Å². The molecular formula is C12H18N2O. The summed E-state index contributed by atoms with van der Waals surface area (Å²) in [5, 5.41) is 3.38. The number of nitrogens with one attached hydrogen (secondary N) is 1. The van der Waals surface area contributed by atoms with Gasteiger partial charge >= 0.3 is 0 Å². The number of hydrogen-bond donors (Lipinski definition) is 2. The van der Waals surface area contributed by atoms with Crippen LogP contribution in [0.1, 0.15) is 19.3 Å². The third kappa shape index (κ3) is 2.35. The van der Waals surface area contributed by atoms with E-state index in [0.717, 1.165) is 29.6 Å². The first-order chi connectivity index (χ1) is 7.29. The van der Waals surface area contributed by atoms with E-state index in [4.69, 9.17) is 10.5 Å². The van der Waals surface area contributed by atoms with Crippen molar-refractivity contribution >= 4 is 11.4 Å². The molecule has 2 rings (SSSR count). The number of rotatable bonds is 4. The molecule has 0 unspecified atom stereocenters. The number of methoxy groups -OCH3 is 1. The fourth-order valence-electron chi connectivity index (χ4n) is 1.77. The summed E-state index contributed by atoms with van der Waals surface area (Å²) in [6, 6.07) is 5.71. The average Bonchev–Trinajstić information content (AvgIpc) is 2.18. The first kappa shape index (κ1) is 10.1. The van der Waals surface area contributed by atoms with E-state index >= 15 is 0 Å². The maximum absolute atomic E-state index is 5.87. The molecule has 0 aromatic heterocycles. The van der Waals surface area contributed by atoms with Crippen LogP contribution < -0.4 is 15.8 Å². The van der Waals surface area contributed by atoms with E-state index < -0.39 is 0 Å². The molecule has 1 aliphatic carbocycles. The molecule has 0 atom stereocenters. The van der Waals surface area contributed by atoms with Crippen LogP contribution in [0.4, 0.5) is 11.4 Å². The Kier molecular flexibility index (Phi) is 2.99. The summed E-state index contributed by atoms with van der Waals surface area (Å²) in [7, 11) is 1.67. The Morgan fingerprint density at radius 1 is 1.47 bits per heavy atom. The zero-order chi connectivity index (χ0) is 10.7. The second-order valence-corrected chi connectivity index (χ2v) is 4.13. The zero-order valence-electron chi connectivity index (χ0n) is 9.12. The van der Waals surface area contributed by atoms with Gasteiger partial charge < -0.3 is 15.8 Å². The Morgan fingerprint density at radius 3 is 2.87 bits per heavy atom. The molecular weight excluding hydrogens is 188 g/mol. The first-order valence-electron chi connectivity index (χ1n) is 5.47. The van der Waals surface area contributed by atoms with Crippen LogP contribution >= 0.6 is 0 Å². The Balaban J connectivity index is 1.98. The molecule has 0 spiro atoms. The minimum absolute atomic E-state index is 0.787. The van der Waals surface area contributed by atoms with Crippen LogP contribution in [0.25, 0.3) is 0 Å². The van der Waals surface area contributed by atoms with Crippen LogP contribution in [-0.4, -0.2) is 13.7 Å². The van der Waals surface area contributed by atoms with E-state index in [1.165, 1.54) is 19.3 Å².